The van der Waals surface area contributed by atoms with Crippen LogP contribution in [-0.4, -0.2) is 34.5 Å². The standard InChI is InChI=1S/C46H42N2O5/c1-4-18-36-38(30-47(27-5-2)40(36)6-3)42-43(45(50)53-44(42)49)39-31-48(41-26-17-16-25-37(39)41)28-29-51-32-52-46(33-19-10-7-11-20-33,34-21-12-8-13-22-34)35-23-14-9-15-24-35/h4,6-26,30-31H,3,5,27-29,32H2,1-2H3/b18-4-. The van der Waals surface area contributed by atoms with Crippen LogP contribution in [-0.2, 0) is 42.5 Å². The number of benzene rings is 4. The van der Waals surface area contributed by atoms with Gasteiger partial charge in [-0.15, -0.1) is 0 Å². The Morgan fingerprint density at radius 2 is 1.26 bits per heavy atom. The summed E-state index contributed by atoms with van der Waals surface area (Å²) >= 11 is 0. The van der Waals surface area contributed by atoms with Crippen LogP contribution in [0.5, 0.6) is 0 Å². The number of hydrogen-bond donors (Lipinski definition) is 0. The van der Waals surface area contributed by atoms with Crippen LogP contribution in [0.15, 0.2) is 140 Å². The molecule has 1 aliphatic rings. The molecular weight excluding hydrogens is 661 g/mol. The normalized spacial score (nSPS) is 13.4. The van der Waals surface area contributed by atoms with Crippen molar-refractivity contribution in [2.24, 2.45) is 0 Å². The minimum absolute atomic E-state index is 0.0228. The molecule has 53 heavy (non-hydrogen) atoms. The van der Waals surface area contributed by atoms with E-state index >= 15 is 0 Å². The lowest BCUT2D eigenvalue weighted by Crippen LogP contribution is -2.34. The fourth-order valence-electron chi connectivity index (χ4n) is 7.41. The number of carbonyl (C=O) groups excluding carboxylic acids is 2. The molecule has 7 heteroatoms. The molecule has 7 rings (SSSR count). The SMILES string of the molecule is C=Cc1c(/C=C\C)c(C2=C(c3cn(CCOCOC(c4ccccc4)(c4ccccc4)c4ccccc4)c4ccccc34)C(=O)OC2=O)cn1CCC. The van der Waals surface area contributed by atoms with E-state index in [0.29, 0.717) is 24.3 Å². The molecule has 0 atom stereocenters. The predicted molar refractivity (Wildman–Crippen MR) is 210 cm³/mol. The van der Waals surface area contributed by atoms with Crippen molar-refractivity contribution in [2.75, 3.05) is 13.4 Å². The lowest BCUT2D eigenvalue weighted by Gasteiger charge is -2.35. The summed E-state index contributed by atoms with van der Waals surface area (Å²) in [5, 5.41) is 0.837. The molecule has 6 aromatic rings. The summed E-state index contributed by atoms with van der Waals surface area (Å²) in [4.78, 5) is 27.0. The van der Waals surface area contributed by atoms with E-state index in [-0.39, 0.29) is 17.9 Å². The van der Waals surface area contributed by atoms with E-state index < -0.39 is 17.5 Å². The Bertz CT molecular complexity index is 2220. The Hall–Kier alpha value is -6.02. The van der Waals surface area contributed by atoms with Gasteiger partial charge in [-0.1, -0.05) is 135 Å². The zero-order valence-electron chi connectivity index (χ0n) is 30.0. The zero-order chi connectivity index (χ0) is 36.8. The molecule has 0 bridgehead atoms. The number of rotatable bonds is 15. The van der Waals surface area contributed by atoms with E-state index in [1.54, 1.807) is 6.08 Å². The second-order valence-corrected chi connectivity index (χ2v) is 12.9. The van der Waals surface area contributed by atoms with Crippen molar-refractivity contribution < 1.29 is 23.8 Å². The van der Waals surface area contributed by atoms with E-state index in [4.69, 9.17) is 14.2 Å². The average molecular weight is 703 g/mol. The third-order valence-corrected chi connectivity index (χ3v) is 9.70. The Morgan fingerprint density at radius 3 is 1.83 bits per heavy atom. The smallest absolute Gasteiger partial charge is 0.347 e. The van der Waals surface area contributed by atoms with Crippen LogP contribution in [0.25, 0.3) is 34.2 Å². The van der Waals surface area contributed by atoms with Crippen LogP contribution in [0.1, 0.15) is 59.3 Å². The molecule has 0 aliphatic carbocycles. The number of para-hydroxylation sites is 1. The Balaban J connectivity index is 1.20. The maximum Gasteiger partial charge on any atom is 0.347 e. The number of nitrogens with zero attached hydrogens (tertiary/aromatic N) is 2. The first-order valence-electron chi connectivity index (χ1n) is 18.0. The molecule has 0 saturated carbocycles. The number of aromatic nitrogens is 2. The molecule has 0 radical (unpaired) electrons. The Kier molecular flexibility index (Phi) is 10.5. The van der Waals surface area contributed by atoms with Crippen LogP contribution < -0.4 is 0 Å². The molecule has 0 unspecified atom stereocenters. The number of fused-ring (bicyclic) bond motifs is 1. The maximum atomic E-state index is 13.5. The highest BCUT2D eigenvalue weighted by molar-refractivity contribution is 6.46. The van der Waals surface area contributed by atoms with Gasteiger partial charge >= 0.3 is 11.9 Å². The van der Waals surface area contributed by atoms with Crippen LogP contribution in [0, 0.1) is 0 Å². The zero-order valence-corrected chi connectivity index (χ0v) is 30.0. The summed E-state index contributed by atoms with van der Waals surface area (Å²) in [6.45, 7) is 9.62. The quantitative estimate of drug-likeness (QED) is 0.0351. The fraction of sp³-hybridized carbons (Fsp3) is 0.174. The van der Waals surface area contributed by atoms with E-state index in [1.165, 1.54) is 0 Å². The Labute approximate surface area is 310 Å². The number of ether oxygens (including phenoxy) is 3. The van der Waals surface area contributed by atoms with E-state index in [1.807, 2.05) is 110 Å². The average Bonchev–Trinajstić information content (AvgIpc) is 3.83. The van der Waals surface area contributed by atoms with Crippen LogP contribution >= 0.6 is 0 Å². The third-order valence-electron chi connectivity index (χ3n) is 9.70. The van der Waals surface area contributed by atoms with Crippen molar-refractivity contribution in [3.05, 3.63) is 179 Å². The number of cyclic esters (lactones) is 2. The lowest BCUT2D eigenvalue weighted by atomic mass is 9.80. The first-order chi connectivity index (χ1) is 26.0. The number of esters is 2. The summed E-state index contributed by atoms with van der Waals surface area (Å²) in [6.07, 6.45) is 10.4. The van der Waals surface area contributed by atoms with Crippen LogP contribution in [0.2, 0.25) is 0 Å². The van der Waals surface area contributed by atoms with E-state index in [2.05, 4.69) is 59.0 Å². The number of aryl methyl sites for hydroxylation is 1. The minimum atomic E-state index is -0.900. The number of hydrogen-bond acceptors (Lipinski definition) is 5. The second-order valence-electron chi connectivity index (χ2n) is 12.9. The second kappa shape index (κ2) is 15.7. The van der Waals surface area contributed by atoms with Gasteiger partial charge in [-0.2, -0.15) is 0 Å². The van der Waals surface area contributed by atoms with Gasteiger partial charge in [-0.05, 0) is 42.2 Å². The van der Waals surface area contributed by atoms with Crippen molar-refractivity contribution in [2.45, 2.75) is 39.0 Å². The molecule has 3 heterocycles. The summed E-state index contributed by atoms with van der Waals surface area (Å²) in [7, 11) is 0. The molecule has 4 aromatic carbocycles. The molecule has 1 aliphatic heterocycles. The van der Waals surface area contributed by atoms with Crippen molar-refractivity contribution in [3.63, 3.8) is 0 Å². The molecule has 0 amide bonds. The van der Waals surface area contributed by atoms with Gasteiger partial charge in [0.05, 0.1) is 17.8 Å². The highest BCUT2D eigenvalue weighted by Crippen LogP contribution is 2.42. The van der Waals surface area contributed by atoms with Crippen LogP contribution in [0.3, 0.4) is 0 Å². The van der Waals surface area contributed by atoms with Crippen molar-refractivity contribution in [3.8, 4) is 0 Å². The molecule has 0 N–H and O–H groups in total. The Morgan fingerprint density at radius 1 is 0.717 bits per heavy atom. The van der Waals surface area contributed by atoms with Gasteiger partial charge in [0, 0.05) is 58.8 Å². The summed E-state index contributed by atoms with van der Waals surface area (Å²) in [6, 6.07) is 38.4. The summed E-state index contributed by atoms with van der Waals surface area (Å²) in [5.74, 6) is -1.32. The predicted octanol–water partition coefficient (Wildman–Crippen LogP) is 9.51. The highest BCUT2D eigenvalue weighted by Gasteiger charge is 2.39. The lowest BCUT2D eigenvalue weighted by molar-refractivity contribution is -0.149. The van der Waals surface area contributed by atoms with Crippen molar-refractivity contribution in [1.29, 1.82) is 0 Å². The summed E-state index contributed by atoms with van der Waals surface area (Å²) in [5.41, 5.74) is 6.48. The molecule has 2 aromatic heterocycles. The molecule has 0 saturated heterocycles. The van der Waals surface area contributed by atoms with Crippen LogP contribution in [0.4, 0.5) is 0 Å². The van der Waals surface area contributed by atoms with Gasteiger partial charge in [0.2, 0.25) is 0 Å². The molecular formula is C46H42N2O5. The van der Waals surface area contributed by atoms with Crippen molar-refractivity contribution >= 4 is 46.1 Å². The maximum absolute atomic E-state index is 13.5. The number of allylic oxidation sites excluding steroid dienone is 1. The number of carbonyl (C=O) groups is 2. The molecule has 266 valence electrons. The van der Waals surface area contributed by atoms with E-state index in [9.17, 15) is 9.59 Å². The summed E-state index contributed by atoms with van der Waals surface area (Å²) < 4.78 is 22.5. The van der Waals surface area contributed by atoms with Gasteiger partial charge in [-0.3, -0.25) is 0 Å². The van der Waals surface area contributed by atoms with Crippen molar-refractivity contribution in [1.82, 2.24) is 9.13 Å². The van der Waals surface area contributed by atoms with Gasteiger partial charge in [0.15, 0.2) is 0 Å². The molecule has 7 nitrogen and oxygen atoms in total. The van der Waals surface area contributed by atoms with Gasteiger partial charge < -0.3 is 23.3 Å². The monoisotopic (exact) mass is 702 g/mol. The molecule has 0 spiro atoms. The fourth-order valence-corrected chi connectivity index (χ4v) is 7.41. The highest BCUT2D eigenvalue weighted by atomic mass is 16.7. The van der Waals surface area contributed by atoms with E-state index in [0.717, 1.165) is 51.8 Å². The van der Waals surface area contributed by atoms with Gasteiger partial charge in [-0.25, -0.2) is 9.59 Å². The minimum Gasteiger partial charge on any atom is -0.386 e. The van der Waals surface area contributed by atoms with Gasteiger partial charge in [0.1, 0.15) is 12.4 Å². The topological polar surface area (TPSA) is 71.7 Å². The largest absolute Gasteiger partial charge is 0.386 e. The van der Waals surface area contributed by atoms with Gasteiger partial charge in [0.25, 0.3) is 0 Å². The third kappa shape index (κ3) is 6.61. The first kappa shape index (κ1) is 35.4. The molecule has 0 fully saturated rings. The first-order valence-corrected chi connectivity index (χ1v) is 18.0.